The summed E-state index contributed by atoms with van der Waals surface area (Å²) in [5.41, 5.74) is -0.384. The molecule has 2 heterocycles. The highest BCUT2D eigenvalue weighted by Crippen LogP contribution is 2.29. The molecule has 2 aliphatic heterocycles. The van der Waals surface area contributed by atoms with Gasteiger partial charge in [-0.2, -0.15) is 0 Å². The Morgan fingerprint density at radius 1 is 0.760 bits per heavy atom. The maximum atomic E-state index is 11.8. The lowest BCUT2D eigenvalue weighted by molar-refractivity contribution is 0.0138. The molecule has 4 fully saturated rings. The molecule has 144 valence electrons. The van der Waals surface area contributed by atoms with E-state index >= 15 is 0 Å². The number of nitrogens with zero attached hydrogens (tertiary/aromatic N) is 3. The zero-order valence-electron chi connectivity index (χ0n) is 16.5. The molecule has 1 amide bonds. The molecule has 0 N–H and O–H groups in total. The van der Waals surface area contributed by atoms with Crippen molar-refractivity contribution in [1.82, 2.24) is 14.7 Å². The Kier molecular flexibility index (Phi) is 6.26. The predicted octanol–water partition coefficient (Wildman–Crippen LogP) is 3.34. The first kappa shape index (κ1) is 19.0. The van der Waals surface area contributed by atoms with Crippen LogP contribution < -0.4 is 0 Å². The summed E-state index contributed by atoms with van der Waals surface area (Å²) >= 11 is 0. The predicted molar refractivity (Wildman–Crippen MR) is 101 cm³/mol. The Hall–Kier alpha value is -0.810. The Bertz CT molecular complexity index is 427. The van der Waals surface area contributed by atoms with E-state index in [4.69, 9.17) is 4.74 Å². The third-order valence-electron chi connectivity index (χ3n) is 5.48. The fourth-order valence-electron chi connectivity index (χ4n) is 3.76. The van der Waals surface area contributed by atoms with Crippen molar-refractivity contribution >= 4 is 6.09 Å². The number of piperidine rings is 1. The van der Waals surface area contributed by atoms with Crippen LogP contribution in [-0.4, -0.2) is 77.7 Å². The van der Waals surface area contributed by atoms with E-state index in [1.54, 1.807) is 0 Å². The summed E-state index contributed by atoms with van der Waals surface area (Å²) < 4.78 is 5.36. The summed E-state index contributed by atoms with van der Waals surface area (Å²) in [4.78, 5) is 18.8. The van der Waals surface area contributed by atoms with Gasteiger partial charge in [0.2, 0.25) is 0 Å². The molecule has 0 atom stereocenters. The summed E-state index contributed by atoms with van der Waals surface area (Å²) in [5.74, 6) is 0. The van der Waals surface area contributed by atoms with Crippen LogP contribution in [0.3, 0.4) is 0 Å². The van der Waals surface area contributed by atoms with Crippen molar-refractivity contribution in [2.24, 2.45) is 0 Å². The average molecular weight is 352 g/mol. The standard InChI is InChI=1S/C12H22N2O2.C8H15N/c1-12(2,3)16-11(15)14-8-6-13(7-9-14)10-4-5-10;1-2-6-9(7-3-1)8-4-5-8/h10H,4-9H2,1-3H3;8H,1-7H2. The van der Waals surface area contributed by atoms with Gasteiger partial charge in [-0.15, -0.1) is 0 Å². The lowest BCUT2D eigenvalue weighted by Gasteiger charge is -2.35. The zero-order chi connectivity index (χ0) is 17.9. The molecule has 4 rings (SSSR count). The summed E-state index contributed by atoms with van der Waals surface area (Å²) in [6, 6.07) is 1.83. The van der Waals surface area contributed by atoms with Gasteiger partial charge in [0.05, 0.1) is 0 Å². The van der Waals surface area contributed by atoms with Crippen molar-refractivity contribution in [3.8, 4) is 0 Å². The van der Waals surface area contributed by atoms with Crippen LogP contribution in [0.25, 0.3) is 0 Å². The number of carbonyl (C=O) groups excluding carboxylic acids is 1. The topological polar surface area (TPSA) is 36.0 Å². The van der Waals surface area contributed by atoms with Crippen LogP contribution in [0, 0.1) is 0 Å². The second-order valence-corrected chi connectivity index (χ2v) is 9.06. The van der Waals surface area contributed by atoms with E-state index in [0.29, 0.717) is 0 Å². The van der Waals surface area contributed by atoms with Crippen LogP contribution in [-0.2, 0) is 4.74 Å². The molecule has 25 heavy (non-hydrogen) atoms. The van der Waals surface area contributed by atoms with Crippen molar-refractivity contribution in [3.63, 3.8) is 0 Å². The first-order valence-corrected chi connectivity index (χ1v) is 10.4. The van der Waals surface area contributed by atoms with Gasteiger partial charge in [0, 0.05) is 38.3 Å². The normalized spacial score (nSPS) is 26.0. The molecule has 2 saturated carbocycles. The number of hydrogen-bond donors (Lipinski definition) is 0. The fraction of sp³-hybridized carbons (Fsp3) is 0.950. The first-order chi connectivity index (χ1) is 11.9. The van der Waals surface area contributed by atoms with Gasteiger partial charge in [0.25, 0.3) is 0 Å². The monoisotopic (exact) mass is 351 g/mol. The smallest absolute Gasteiger partial charge is 0.410 e. The molecular weight excluding hydrogens is 314 g/mol. The Labute approximate surface area is 153 Å². The Morgan fingerprint density at radius 2 is 1.24 bits per heavy atom. The highest BCUT2D eigenvalue weighted by Gasteiger charge is 2.33. The molecule has 5 nitrogen and oxygen atoms in total. The summed E-state index contributed by atoms with van der Waals surface area (Å²) in [5, 5.41) is 0. The van der Waals surface area contributed by atoms with Crippen LogP contribution in [0.4, 0.5) is 4.79 Å². The Balaban J connectivity index is 0.000000170. The summed E-state index contributed by atoms with van der Waals surface area (Å²) in [7, 11) is 0. The highest BCUT2D eigenvalue weighted by molar-refractivity contribution is 5.68. The molecule has 0 aromatic heterocycles. The lowest BCUT2D eigenvalue weighted by atomic mass is 10.1. The second-order valence-electron chi connectivity index (χ2n) is 9.06. The van der Waals surface area contributed by atoms with Gasteiger partial charge in [0.15, 0.2) is 0 Å². The number of ether oxygens (including phenoxy) is 1. The van der Waals surface area contributed by atoms with E-state index in [1.165, 1.54) is 58.0 Å². The van der Waals surface area contributed by atoms with Crippen molar-refractivity contribution < 1.29 is 9.53 Å². The number of amides is 1. The van der Waals surface area contributed by atoms with E-state index in [2.05, 4.69) is 9.80 Å². The molecule has 0 unspecified atom stereocenters. The van der Waals surface area contributed by atoms with Gasteiger partial charge in [-0.3, -0.25) is 4.90 Å². The third kappa shape index (κ3) is 6.45. The maximum Gasteiger partial charge on any atom is 0.410 e. The van der Waals surface area contributed by atoms with Crippen molar-refractivity contribution in [2.75, 3.05) is 39.3 Å². The van der Waals surface area contributed by atoms with Crippen LogP contribution in [0.2, 0.25) is 0 Å². The molecule has 0 spiro atoms. The quantitative estimate of drug-likeness (QED) is 0.764. The zero-order valence-corrected chi connectivity index (χ0v) is 16.5. The lowest BCUT2D eigenvalue weighted by Crippen LogP contribution is -2.50. The summed E-state index contributed by atoms with van der Waals surface area (Å²) in [6.07, 6.45) is 9.87. The largest absolute Gasteiger partial charge is 0.444 e. The molecule has 4 aliphatic rings. The number of rotatable bonds is 2. The van der Waals surface area contributed by atoms with Gasteiger partial charge in [0.1, 0.15) is 5.60 Å². The molecule has 0 aromatic rings. The van der Waals surface area contributed by atoms with E-state index in [9.17, 15) is 4.79 Å². The first-order valence-electron chi connectivity index (χ1n) is 10.4. The molecule has 0 aromatic carbocycles. The minimum atomic E-state index is -0.384. The minimum Gasteiger partial charge on any atom is -0.444 e. The van der Waals surface area contributed by atoms with Gasteiger partial charge < -0.3 is 14.5 Å². The van der Waals surface area contributed by atoms with E-state index in [1.807, 2.05) is 25.7 Å². The fourth-order valence-corrected chi connectivity index (χ4v) is 3.76. The van der Waals surface area contributed by atoms with Crippen LogP contribution in [0.5, 0.6) is 0 Å². The third-order valence-corrected chi connectivity index (χ3v) is 5.48. The van der Waals surface area contributed by atoms with Crippen molar-refractivity contribution in [1.29, 1.82) is 0 Å². The molecular formula is C20H37N3O2. The van der Waals surface area contributed by atoms with Crippen LogP contribution in [0.1, 0.15) is 65.7 Å². The van der Waals surface area contributed by atoms with Crippen LogP contribution >= 0.6 is 0 Å². The molecule has 0 bridgehead atoms. The van der Waals surface area contributed by atoms with Gasteiger partial charge in [-0.25, -0.2) is 4.79 Å². The van der Waals surface area contributed by atoms with Gasteiger partial charge in [-0.05, 0) is 72.4 Å². The number of hydrogen-bond acceptors (Lipinski definition) is 4. The van der Waals surface area contributed by atoms with E-state index < -0.39 is 0 Å². The van der Waals surface area contributed by atoms with E-state index in [-0.39, 0.29) is 11.7 Å². The van der Waals surface area contributed by atoms with Gasteiger partial charge >= 0.3 is 6.09 Å². The molecule has 5 heteroatoms. The molecule has 2 saturated heterocycles. The molecule has 0 radical (unpaired) electrons. The average Bonchev–Trinajstić information content (AvgIpc) is 3.48. The maximum absolute atomic E-state index is 11.8. The highest BCUT2D eigenvalue weighted by atomic mass is 16.6. The van der Waals surface area contributed by atoms with Gasteiger partial charge in [-0.1, -0.05) is 6.42 Å². The number of piperazine rings is 1. The number of carbonyl (C=O) groups is 1. The second kappa shape index (κ2) is 8.26. The molecule has 2 aliphatic carbocycles. The Morgan fingerprint density at radius 3 is 1.68 bits per heavy atom. The number of likely N-dealkylation sites (tertiary alicyclic amines) is 1. The SMILES string of the molecule is C1CCN(C2CC2)CC1.CC(C)(C)OC(=O)N1CCN(C2CC2)CC1. The summed E-state index contributed by atoms with van der Waals surface area (Å²) in [6.45, 7) is 12.1. The minimum absolute atomic E-state index is 0.164. The van der Waals surface area contributed by atoms with Crippen LogP contribution in [0.15, 0.2) is 0 Å². The van der Waals surface area contributed by atoms with Crippen molar-refractivity contribution in [2.45, 2.75) is 83.4 Å². The van der Waals surface area contributed by atoms with E-state index in [0.717, 1.165) is 38.3 Å². The van der Waals surface area contributed by atoms with Crippen molar-refractivity contribution in [3.05, 3.63) is 0 Å².